The lowest BCUT2D eigenvalue weighted by molar-refractivity contribution is -0.139. The van der Waals surface area contributed by atoms with Gasteiger partial charge >= 0.3 is 0 Å². The summed E-state index contributed by atoms with van der Waals surface area (Å²) < 4.78 is 15.7. The molecule has 1 unspecified atom stereocenters. The summed E-state index contributed by atoms with van der Waals surface area (Å²) in [6, 6.07) is 4.34. The number of hydrogen-bond donors (Lipinski definition) is 0. The van der Waals surface area contributed by atoms with Crippen molar-refractivity contribution < 1.29 is 19.1 Å². The molecule has 11 heteroatoms. The predicted octanol–water partition coefficient (Wildman–Crippen LogP) is 3.47. The van der Waals surface area contributed by atoms with E-state index in [1.165, 1.54) is 0 Å². The van der Waals surface area contributed by atoms with Crippen molar-refractivity contribution in [3.63, 3.8) is 0 Å². The Balaban J connectivity index is 1.28. The van der Waals surface area contributed by atoms with Crippen LogP contribution in [-0.2, 0) is 25.6 Å². The van der Waals surface area contributed by atoms with E-state index < -0.39 is 0 Å². The van der Waals surface area contributed by atoms with Gasteiger partial charge < -0.3 is 19.3 Å². The molecule has 4 fully saturated rings. The lowest BCUT2D eigenvalue weighted by atomic mass is 9.53. The van der Waals surface area contributed by atoms with Gasteiger partial charge in [0.25, 0.3) is 0 Å². The van der Waals surface area contributed by atoms with Crippen molar-refractivity contribution in [2.45, 2.75) is 83.1 Å². The number of carbonyl (C=O) groups excluding carboxylic acids is 2. The largest absolute Gasteiger partial charge is 0.377 e. The van der Waals surface area contributed by atoms with E-state index in [-0.39, 0.29) is 29.6 Å². The molecule has 0 radical (unpaired) electrons. The third-order valence-electron chi connectivity index (χ3n) is 9.58. The van der Waals surface area contributed by atoms with Crippen LogP contribution in [0.4, 0.5) is 11.5 Å². The van der Waals surface area contributed by atoms with Crippen molar-refractivity contribution in [1.29, 1.82) is 0 Å². The minimum atomic E-state index is -0.122. The molecule has 8 rings (SSSR count). The number of Topliss-reactive ketones (excluding diaryl/α,β-unsaturated/α-hetero) is 1. The van der Waals surface area contributed by atoms with Crippen LogP contribution in [0.2, 0.25) is 0 Å². The highest BCUT2D eigenvalue weighted by molar-refractivity contribution is 6.07. The molecule has 3 aliphatic heterocycles. The molecule has 0 bridgehead atoms. The topological polar surface area (TPSA) is 108 Å². The maximum absolute atomic E-state index is 13.7. The van der Waals surface area contributed by atoms with Crippen molar-refractivity contribution in [1.82, 2.24) is 24.5 Å². The minimum Gasteiger partial charge on any atom is -0.377 e. The fraction of sp³-hybridized carbons (Fsp3) is 0.621. The fourth-order valence-electron chi connectivity index (χ4n) is 7.58. The molecule has 1 spiro atoms. The zero-order valence-electron chi connectivity index (χ0n) is 22.9. The molecule has 2 saturated heterocycles. The third-order valence-corrected chi connectivity index (χ3v) is 9.58. The summed E-state index contributed by atoms with van der Waals surface area (Å²) in [5, 5.41) is 9.74. The summed E-state index contributed by atoms with van der Waals surface area (Å²) in [6.45, 7) is 5.38. The van der Waals surface area contributed by atoms with Gasteiger partial charge in [-0.3, -0.25) is 14.3 Å². The number of ether oxygens (including phenoxy) is 2. The van der Waals surface area contributed by atoms with Crippen LogP contribution in [0.25, 0.3) is 22.4 Å². The number of rotatable bonds is 4. The number of ketones is 1. The van der Waals surface area contributed by atoms with Crippen molar-refractivity contribution >= 4 is 34.2 Å². The second-order valence-corrected chi connectivity index (χ2v) is 12.3. The lowest BCUT2D eigenvalue weighted by Crippen LogP contribution is -2.58. The minimum absolute atomic E-state index is 0.0900. The number of carbonyl (C=O) groups is 2. The standard InChI is InChI=1S/C29H35N7O4/c1-18-17-39-11-9-33(18)23-12-22-28-27(31-23)26(21-5-7-30-36(21)25-4-2-3-10-40-25)32-34(28)8-6-24(38)35(22)19-13-29(14-19)15-20(37)16-29/h5,7,12,18-19,25H,2-4,6,8-11,13-17H2,1H3/t18-,25?/m1/s1. The van der Waals surface area contributed by atoms with Gasteiger partial charge in [-0.15, -0.1) is 0 Å². The molecular formula is C29H35N7O4. The summed E-state index contributed by atoms with van der Waals surface area (Å²) in [5.41, 5.74) is 4.32. The van der Waals surface area contributed by atoms with Crippen LogP contribution >= 0.6 is 0 Å². The van der Waals surface area contributed by atoms with Crippen LogP contribution in [0.3, 0.4) is 0 Å². The lowest BCUT2D eigenvalue weighted by Gasteiger charge is -2.55. The van der Waals surface area contributed by atoms with Gasteiger partial charge in [0.15, 0.2) is 6.23 Å². The van der Waals surface area contributed by atoms with Crippen LogP contribution in [-0.4, -0.2) is 74.7 Å². The van der Waals surface area contributed by atoms with E-state index in [1.54, 1.807) is 0 Å². The molecule has 2 aliphatic carbocycles. The Kier molecular flexibility index (Phi) is 5.57. The van der Waals surface area contributed by atoms with Gasteiger partial charge in [-0.2, -0.15) is 10.2 Å². The Bertz CT molecular complexity index is 1490. The Morgan fingerprint density at radius 3 is 2.75 bits per heavy atom. The summed E-state index contributed by atoms with van der Waals surface area (Å²) >= 11 is 0. The Hall–Kier alpha value is -3.31. The maximum atomic E-state index is 13.7. The number of amides is 1. The van der Waals surface area contributed by atoms with E-state index in [0.717, 1.165) is 79.2 Å². The van der Waals surface area contributed by atoms with Gasteiger partial charge in [-0.25, -0.2) is 9.67 Å². The molecule has 1 amide bonds. The van der Waals surface area contributed by atoms with Gasteiger partial charge in [0, 0.05) is 50.7 Å². The van der Waals surface area contributed by atoms with E-state index in [4.69, 9.17) is 19.6 Å². The average molecular weight is 546 g/mol. The number of aryl methyl sites for hydroxylation is 1. The number of morpholine rings is 1. The molecule has 3 aromatic heterocycles. The van der Waals surface area contributed by atoms with Gasteiger partial charge in [0.2, 0.25) is 5.91 Å². The van der Waals surface area contributed by atoms with Gasteiger partial charge in [0.1, 0.15) is 28.3 Å². The van der Waals surface area contributed by atoms with Crippen LogP contribution < -0.4 is 9.80 Å². The van der Waals surface area contributed by atoms with E-state index in [2.05, 4.69) is 23.0 Å². The van der Waals surface area contributed by atoms with Gasteiger partial charge in [-0.1, -0.05) is 0 Å². The monoisotopic (exact) mass is 545 g/mol. The second kappa shape index (κ2) is 9.10. The van der Waals surface area contributed by atoms with E-state index in [9.17, 15) is 9.59 Å². The molecule has 6 heterocycles. The molecule has 2 saturated carbocycles. The molecule has 3 aromatic rings. The number of anilines is 2. The predicted molar refractivity (Wildman–Crippen MR) is 147 cm³/mol. The molecule has 0 N–H and O–H groups in total. The van der Waals surface area contributed by atoms with Crippen LogP contribution in [0.5, 0.6) is 0 Å². The van der Waals surface area contributed by atoms with E-state index in [0.29, 0.717) is 44.8 Å². The second-order valence-electron chi connectivity index (χ2n) is 12.3. The maximum Gasteiger partial charge on any atom is 0.229 e. The number of hydrogen-bond acceptors (Lipinski definition) is 8. The Morgan fingerprint density at radius 1 is 1.10 bits per heavy atom. The highest BCUT2D eigenvalue weighted by Gasteiger charge is 2.55. The molecular weight excluding hydrogens is 510 g/mol. The molecule has 0 aromatic carbocycles. The molecule has 5 aliphatic rings. The Labute approximate surface area is 232 Å². The normalized spacial score (nSPS) is 26.7. The van der Waals surface area contributed by atoms with E-state index >= 15 is 0 Å². The first-order valence-corrected chi connectivity index (χ1v) is 14.7. The first-order valence-electron chi connectivity index (χ1n) is 14.7. The summed E-state index contributed by atoms with van der Waals surface area (Å²) in [6.07, 6.45) is 8.22. The van der Waals surface area contributed by atoms with Crippen LogP contribution in [0.15, 0.2) is 18.3 Å². The molecule has 210 valence electrons. The summed E-state index contributed by atoms with van der Waals surface area (Å²) in [7, 11) is 0. The quantitative estimate of drug-likeness (QED) is 0.491. The smallest absolute Gasteiger partial charge is 0.229 e. The first-order chi connectivity index (χ1) is 19.5. The molecule has 11 nitrogen and oxygen atoms in total. The highest BCUT2D eigenvalue weighted by atomic mass is 16.5. The average Bonchev–Trinajstić information content (AvgIpc) is 3.52. The molecule has 2 atom stereocenters. The van der Waals surface area contributed by atoms with Crippen LogP contribution in [0, 0.1) is 5.41 Å². The zero-order valence-corrected chi connectivity index (χ0v) is 22.9. The van der Waals surface area contributed by atoms with Crippen LogP contribution in [0.1, 0.15) is 64.5 Å². The highest BCUT2D eigenvalue weighted by Crippen LogP contribution is 2.57. The van der Waals surface area contributed by atoms with Gasteiger partial charge in [0.05, 0.1) is 37.2 Å². The SMILES string of the molecule is C[C@@H]1COCCN1c1cc2c3c(n1)c(-c1ccnn1C1CCCCO1)nn3CCC(=O)N2C1CC2(CC(=O)C2)C1. The van der Waals surface area contributed by atoms with Gasteiger partial charge in [-0.05, 0) is 50.5 Å². The van der Waals surface area contributed by atoms with Crippen molar-refractivity contribution in [2.75, 3.05) is 36.2 Å². The Morgan fingerprint density at radius 2 is 1.98 bits per heavy atom. The van der Waals surface area contributed by atoms with Crippen molar-refractivity contribution in [3.05, 3.63) is 18.3 Å². The number of aromatic nitrogens is 5. The number of nitrogens with zero attached hydrogens (tertiary/aromatic N) is 7. The van der Waals surface area contributed by atoms with Crippen molar-refractivity contribution in [3.8, 4) is 11.4 Å². The first kappa shape index (κ1) is 24.5. The van der Waals surface area contributed by atoms with Crippen molar-refractivity contribution in [2.24, 2.45) is 5.41 Å². The molecule has 40 heavy (non-hydrogen) atoms. The summed E-state index contributed by atoms with van der Waals surface area (Å²) in [5.74, 6) is 1.30. The van der Waals surface area contributed by atoms with E-state index in [1.807, 2.05) is 26.5 Å². The summed E-state index contributed by atoms with van der Waals surface area (Å²) in [4.78, 5) is 35.0. The third kappa shape index (κ3) is 3.73. The number of pyridine rings is 1. The fourth-order valence-corrected chi connectivity index (χ4v) is 7.58. The zero-order chi connectivity index (χ0) is 27.0.